The Morgan fingerprint density at radius 2 is 1.62 bits per heavy atom. The molecule has 138 valence electrons. The zero-order chi connectivity index (χ0) is 19.3. The van der Waals surface area contributed by atoms with Crippen molar-refractivity contribution in [1.82, 2.24) is 0 Å². The van der Waals surface area contributed by atoms with E-state index in [-0.39, 0.29) is 18.4 Å². The first-order valence-corrected chi connectivity index (χ1v) is 8.96. The number of esters is 1. The lowest BCUT2D eigenvalue weighted by Gasteiger charge is -2.16. The van der Waals surface area contributed by atoms with Gasteiger partial charge >= 0.3 is 5.97 Å². The maximum Gasteiger partial charge on any atom is 0.338 e. The average molecular weight is 353 g/mol. The van der Waals surface area contributed by atoms with E-state index < -0.39 is 5.97 Å². The number of hydrogen-bond acceptors (Lipinski definition) is 3. The van der Waals surface area contributed by atoms with Crippen molar-refractivity contribution >= 4 is 17.6 Å². The van der Waals surface area contributed by atoms with Gasteiger partial charge in [-0.05, 0) is 47.6 Å². The van der Waals surface area contributed by atoms with E-state index in [4.69, 9.17) is 4.74 Å². The second kappa shape index (κ2) is 8.65. The highest BCUT2D eigenvalue weighted by Gasteiger charge is 2.14. The van der Waals surface area contributed by atoms with Gasteiger partial charge in [-0.3, -0.25) is 4.79 Å². The van der Waals surface area contributed by atoms with Gasteiger partial charge in [0.2, 0.25) is 0 Å². The molecule has 0 radical (unpaired) electrons. The van der Waals surface area contributed by atoms with Crippen LogP contribution in [0.25, 0.3) is 0 Å². The average Bonchev–Trinajstić information content (AvgIpc) is 2.61. The van der Waals surface area contributed by atoms with E-state index in [2.05, 4.69) is 33.0 Å². The van der Waals surface area contributed by atoms with Crippen molar-refractivity contribution < 1.29 is 14.3 Å². The topological polar surface area (TPSA) is 55.4 Å². The summed E-state index contributed by atoms with van der Waals surface area (Å²) in [5.41, 5.74) is 4.44. The van der Waals surface area contributed by atoms with Gasteiger partial charge in [0.25, 0.3) is 5.91 Å². The van der Waals surface area contributed by atoms with Gasteiger partial charge in [-0.1, -0.05) is 58.0 Å². The minimum atomic E-state index is -0.496. The molecule has 4 heteroatoms. The highest BCUT2D eigenvalue weighted by atomic mass is 16.5. The zero-order valence-electron chi connectivity index (χ0n) is 16.1. The molecule has 0 heterocycles. The Labute approximate surface area is 155 Å². The molecule has 0 atom stereocenters. The monoisotopic (exact) mass is 353 g/mol. The molecule has 0 fully saturated rings. The molecule has 26 heavy (non-hydrogen) atoms. The molecule has 2 aromatic carbocycles. The third-order valence-electron chi connectivity index (χ3n) is 4.34. The molecule has 0 bridgehead atoms. The fourth-order valence-corrected chi connectivity index (χ4v) is 2.74. The van der Waals surface area contributed by atoms with Crippen molar-refractivity contribution in [3.05, 3.63) is 64.7 Å². The minimum absolute atomic E-state index is 0.284. The molecule has 0 aliphatic rings. The van der Waals surface area contributed by atoms with Gasteiger partial charge in [-0.15, -0.1) is 0 Å². The van der Waals surface area contributed by atoms with Gasteiger partial charge in [0, 0.05) is 5.69 Å². The lowest BCUT2D eigenvalue weighted by Crippen LogP contribution is -2.22. The molecule has 0 aromatic heterocycles. The molecule has 0 aliphatic heterocycles. The molecular weight excluding hydrogens is 326 g/mol. The summed E-state index contributed by atoms with van der Waals surface area (Å²) in [5, 5.41) is 2.87. The summed E-state index contributed by atoms with van der Waals surface area (Å²) < 4.78 is 5.15. The summed E-state index contributed by atoms with van der Waals surface area (Å²) in [6, 6.07) is 13.2. The van der Waals surface area contributed by atoms with Crippen LogP contribution in [0.2, 0.25) is 0 Å². The van der Waals surface area contributed by atoms with E-state index in [0.717, 1.165) is 22.4 Å². The van der Waals surface area contributed by atoms with Crippen molar-refractivity contribution in [2.24, 2.45) is 0 Å². The Balaban J connectivity index is 1.98. The smallest absolute Gasteiger partial charge is 0.338 e. The van der Waals surface area contributed by atoms with Crippen molar-refractivity contribution in [3.8, 4) is 0 Å². The second-order valence-electron chi connectivity index (χ2n) is 7.09. The van der Waals surface area contributed by atoms with Crippen LogP contribution in [0.4, 0.5) is 5.69 Å². The molecule has 2 aromatic rings. The van der Waals surface area contributed by atoms with E-state index >= 15 is 0 Å². The summed E-state index contributed by atoms with van der Waals surface area (Å²) >= 11 is 0. The first-order chi connectivity index (χ1) is 12.3. The quantitative estimate of drug-likeness (QED) is 0.740. The van der Waals surface area contributed by atoms with E-state index in [1.54, 1.807) is 12.1 Å². The number of benzene rings is 2. The van der Waals surface area contributed by atoms with Crippen LogP contribution in [-0.2, 0) is 9.53 Å². The minimum Gasteiger partial charge on any atom is -0.452 e. The number of anilines is 1. The first-order valence-electron chi connectivity index (χ1n) is 8.96. The summed E-state index contributed by atoms with van der Waals surface area (Å²) in [4.78, 5) is 24.4. The maximum atomic E-state index is 12.2. The molecule has 2 rings (SSSR count). The van der Waals surface area contributed by atoms with Crippen LogP contribution in [0.1, 0.15) is 66.6 Å². The summed E-state index contributed by atoms with van der Waals surface area (Å²) in [6.45, 7) is 9.97. The van der Waals surface area contributed by atoms with Gasteiger partial charge in [-0.25, -0.2) is 4.79 Å². The number of para-hydroxylation sites is 1. The molecule has 0 aliphatic carbocycles. The summed E-state index contributed by atoms with van der Waals surface area (Å²) in [7, 11) is 0. The molecule has 0 spiro atoms. The fraction of sp³-hybridized carbons (Fsp3) is 0.364. The Morgan fingerprint density at radius 3 is 2.19 bits per heavy atom. The molecule has 0 saturated heterocycles. The molecule has 1 N–H and O–H groups in total. The fourth-order valence-electron chi connectivity index (χ4n) is 2.74. The van der Waals surface area contributed by atoms with Gasteiger partial charge in [0.1, 0.15) is 0 Å². The third-order valence-corrected chi connectivity index (χ3v) is 4.34. The number of hydrogen-bond donors (Lipinski definition) is 1. The summed E-state index contributed by atoms with van der Waals surface area (Å²) in [5.74, 6) is -0.153. The number of ether oxygens (including phenoxy) is 1. The molecule has 4 nitrogen and oxygen atoms in total. The standard InChI is InChI=1S/C22H27NO3/c1-14(2)17-9-11-18(12-10-17)22(25)26-13-20(24)23-21-16(5)7-6-8-19(21)15(3)4/h6-12,14-15H,13H2,1-5H3,(H,23,24). The second-order valence-corrected chi connectivity index (χ2v) is 7.09. The highest BCUT2D eigenvalue weighted by Crippen LogP contribution is 2.27. The molecule has 1 amide bonds. The number of nitrogens with one attached hydrogen (secondary N) is 1. The highest BCUT2D eigenvalue weighted by molar-refractivity contribution is 5.96. The van der Waals surface area contributed by atoms with Crippen LogP contribution in [-0.4, -0.2) is 18.5 Å². The van der Waals surface area contributed by atoms with Crippen LogP contribution >= 0.6 is 0 Å². The number of carbonyl (C=O) groups excluding carboxylic acids is 2. The molecular formula is C22H27NO3. The van der Waals surface area contributed by atoms with E-state index in [1.165, 1.54) is 0 Å². The number of aryl methyl sites for hydroxylation is 1. The van der Waals surface area contributed by atoms with Crippen molar-refractivity contribution in [2.75, 3.05) is 11.9 Å². The summed E-state index contributed by atoms with van der Waals surface area (Å²) in [6.07, 6.45) is 0. The van der Waals surface area contributed by atoms with Crippen molar-refractivity contribution in [3.63, 3.8) is 0 Å². The van der Waals surface area contributed by atoms with Crippen LogP contribution in [0.15, 0.2) is 42.5 Å². The van der Waals surface area contributed by atoms with Crippen LogP contribution in [0, 0.1) is 6.92 Å². The number of carbonyl (C=O) groups is 2. The van der Waals surface area contributed by atoms with E-state index in [9.17, 15) is 9.59 Å². The lowest BCUT2D eigenvalue weighted by molar-refractivity contribution is -0.119. The van der Waals surface area contributed by atoms with E-state index in [1.807, 2.05) is 37.3 Å². The number of rotatable bonds is 6. The van der Waals surface area contributed by atoms with Gasteiger partial charge in [0.05, 0.1) is 5.56 Å². The molecule has 0 unspecified atom stereocenters. The van der Waals surface area contributed by atoms with Crippen molar-refractivity contribution in [1.29, 1.82) is 0 Å². The predicted octanol–water partition coefficient (Wildman–Crippen LogP) is 5.04. The zero-order valence-corrected chi connectivity index (χ0v) is 16.1. The van der Waals surface area contributed by atoms with Crippen LogP contribution in [0.3, 0.4) is 0 Å². The van der Waals surface area contributed by atoms with Crippen LogP contribution in [0.5, 0.6) is 0 Å². The van der Waals surface area contributed by atoms with E-state index in [0.29, 0.717) is 11.5 Å². The van der Waals surface area contributed by atoms with Gasteiger partial charge in [-0.2, -0.15) is 0 Å². The first kappa shape index (κ1) is 19.7. The van der Waals surface area contributed by atoms with Crippen LogP contribution < -0.4 is 5.32 Å². The SMILES string of the molecule is Cc1cccc(C(C)C)c1NC(=O)COC(=O)c1ccc(C(C)C)cc1. The Hall–Kier alpha value is -2.62. The predicted molar refractivity (Wildman–Crippen MR) is 105 cm³/mol. The number of amides is 1. The normalized spacial score (nSPS) is 10.9. The Morgan fingerprint density at radius 1 is 0.962 bits per heavy atom. The Kier molecular flexibility index (Phi) is 6.56. The molecule has 0 saturated carbocycles. The Bertz CT molecular complexity index is 776. The third kappa shape index (κ3) is 4.94. The van der Waals surface area contributed by atoms with Gasteiger partial charge in [0.15, 0.2) is 6.61 Å². The van der Waals surface area contributed by atoms with Crippen molar-refractivity contribution in [2.45, 2.75) is 46.5 Å². The largest absolute Gasteiger partial charge is 0.452 e. The lowest BCUT2D eigenvalue weighted by atomic mass is 9.98. The maximum absolute atomic E-state index is 12.2. The van der Waals surface area contributed by atoms with Gasteiger partial charge < -0.3 is 10.1 Å².